The van der Waals surface area contributed by atoms with Crippen molar-refractivity contribution in [2.75, 3.05) is 12.4 Å². The second-order valence-corrected chi connectivity index (χ2v) is 5.81. The van der Waals surface area contributed by atoms with Crippen LogP contribution in [0.15, 0.2) is 28.2 Å². The first kappa shape index (κ1) is 12.7. The van der Waals surface area contributed by atoms with Crippen LogP contribution in [0.2, 0.25) is 0 Å². The molecule has 0 spiro atoms. The second-order valence-electron chi connectivity index (χ2n) is 3.92. The van der Waals surface area contributed by atoms with Crippen molar-refractivity contribution >= 4 is 23.1 Å². The van der Waals surface area contributed by atoms with Crippen molar-refractivity contribution in [3.05, 3.63) is 29.5 Å². The summed E-state index contributed by atoms with van der Waals surface area (Å²) in [5.74, 6) is 3.03. The molecule has 0 amide bonds. The van der Waals surface area contributed by atoms with Crippen LogP contribution in [-0.4, -0.2) is 22.5 Å². The molecule has 2 aromatic rings. The molecule has 0 fully saturated rings. The van der Waals surface area contributed by atoms with Crippen molar-refractivity contribution in [3.8, 4) is 10.8 Å². The molecular weight excluding hydrogens is 254 g/mol. The van der Waals surface area contributed by atoms with Crippen LogP contribution in [0.3, 0.4) is 0 Å². The standard InChI is InChI=1S/C12H15NO2S2/c1-9(5-14)6-16-7-10-8-17-12(13-10)11-3-2-4-15-11/h2-4,8-9,14H,5-7H2,1H3. The van der Waals surface area contributed by atoms with Crippen molar-refractivity contribution in [2.24, 2.45) is 5.92 Å². The third-order valence-electron chi connectivity index (χ3n) is 2.25. The van der Waals surface area contributed by atoms with E-state index >= 15 is 0 Å². The Morgan fingerprint density at radius 2 is 2.47 bits per heavy atom. The number of thiazole rings is 1. The Balaban J connectivity index is 1.87. The lowest BCUT2D eigenvalue weighted by Crippen LogP contribution is -2.03. The van der Waals surface area contributed by atoms with E-state index in [1.54, 1.807) is 29.4 Å². The van der Waals surface area contributed by atoms with Gasteiger partial charge in [-0.25, -0.2) is 4.98 Å². The molecule has 0 aliphatic carbocycles. The Bertz CT molecular complexity index is 439. The van der Waals surface area contributed by atoms with Crippen molar-refractivity contribution in [1.82, 2.24) is 4.98 Å². The summed E-state index contributed by atoms with van der Waals surface area (Å²) in [6.07, 6.45) is 1.66. The number of thioether (sulfide) groups is 1. The lowest BCUT2D eigenvalue weighted by atomic mass is 10.2. The fourth-order valence-electron chi connectivity index (χ4n) is 1.30. The van der Waals surface area contributed by atoms with Gasteiger partial charge in [0.15, 0.2) is 10.8 Å². The average Bonchev–Trinajstić information content (AvgIpc) is 2.98. The maximum atomic E-state index is 8.92. The molecule has 17 heavy (non-hydrogen) atoms. The highest BCUT2D eigenvalue weighted by atomic mass is 32.2. The van der Waals surface area contributed by atoms with Crippen LogP contribution in [0, 0.1) is 5.92 Å². The van der Waals surface area contributed by atoms with E-state index in [9.17, 15) is 0 Å². The zero-order valence-corrected chi connectivity index (χ0v) is 11.3. The highest BCUT2D eigenvalue weighted by molar-refractivity contribution is 7.98. The highest BCUT2D eigenvalue weighted by Gasteiger charge is 2.07. The highest BCUT2D eigenvalue weighted by Crippen LogP contribution is 2.25. The summed E-state index contributed by atoms with van der Waals surface area (Å²) in [5.41, 5.74) is 1.08. The number of hydrogen-bond donors (Lipinski definition) is 1. The van der Waals surface area contributed by atoms with Crippen LogP contribution in [0.1, 0.15) is 12.6 Å². The first-order chi connectivity index (χ1) is 8.29. The van der Waals surface area contributed by atoms with Gasteiger partial charge in [0.1, 0.15) is 0 Å². The van der Waals surface area contributed by atoms with Gasteiger partial charge in [0.2, 0.25) is 0 Å². The summed E-state index contributed by atoms with van der Waals surface area (Å²) in [5, 5.41) is 11.9. The summed E-state index contributed by atoms with van der Waals surface area (Å²) < 4.78 is 5.30. The first-order valence-corrected chi connectivity index (χ1v) is 7.50. The minimum absolute atomic E-state index is 0.252. The number of aromatic nitrogens is 1. The summed E-state index contributed by atoms with van der Waals surface area (Å²) in [4.78, 5) is 4.52. The molecule has 0 aliphatic rings. The molecule has 0 saturated heterocycles. The Kier molecular flexibility index (Phi) is 4.65. The quantitative estimate of drug-likeness (QED) is 0.874. The first-order valence-electron chi connectivity index (χ1n) is 5.46. The number of hydrogen-bond acceptors (Lipinski definition) is 5. The van der Waals surface area contributed by atoms with E-state index in [0.717, 1.165) is 28.0 Å². The molecule has 0 aromatic carbocycles. The van der Waals surface area contributed by atoms with Gasteiger partial charge in [-0.1, -0.05) is 6.92 Å². The topological polar surface area (TPSA) is 46.3 Å². The van der Waals surface area contributed by atoms with Gasteiger partial charge < -0.3 is 9.52 Å². The van der Waals surface area contributed by atoms with E-state index in [4.69, 9.17) is 9.52 Å². The molecule has 3 nitrogen and oxygen atoms in total. The molecular formula is C12H15NO2S2. The van der Waals surface area contributed by atoms with E-state index < -0.39 is 0 Å². The van der Waals surface area contributed by atoms with E-state index in [-0.39, 0.29) is 6.61 Å². The predicted molar refractivity (Wildman–Crippen MR) is 72.2 cm³/mol. The molecule has 1 atom stereocenters. The molecule has 1 unspecified atom stereocenters. The minimum Gasteiger partial charge on any atom is -0.462 e. The predicted octanol–water partition coefficient (Wildman–Crippen LogP) is 3.26. The molecule has 0 radical (unpaired) electrons. The second kappa shape index (κ2) is 6.23. The van der Waals surface area contributed by atoms with E-state index in [1.165, 1.54) is 0 Å². The fraction of sp³-hybridized carbons (Fsp3) is 0.417. The Morgan fingerprint density at radius 1 is 1.59 bits per heavy atom. The van der Waals surface area contributed by atoms with Gasteiger partial charge in [-0.3, -0.25) is 0 Å². The molecule has 0 saturated carbocycles. The Morgan fingerprint density at radius 3 is 3.18 bits per heavy atom. The van der Waals surface area contributed by atoms with Gasteiger partial charge in [0.05, 0.1) is 12.0 Å². The Labute approximate surface area is 109 Å². The lowest BCUT2D eigenvalue weighted by Gasteiger charge is -2.05. The fourth-order valence-corrected chi connectivity index (χ4v) is 3.18. The van der Waals surface area contributed by atoms with Crippen LogP contribution in [0.5, 0.6) is 0 Å². The van der Waals surface area contributed by atoms with Gasteiger partial charge in [-0.2, -0.15) is 11.8 Å². The largest absolute Gasteiger partial charge is 0.462 e. The molecule has 2 rings (SSSR count). The zero-order valence-electron chi connectivity index (χ0n) is 9.63. The third-order valence-corrected chi connectivity index (χ3v) is 4.46. The summed E-state index contributed by atoms with van der Waals surface area (Å²) >= 11 is 3.41. The van der Waals surface area contributed by atoms with Crippen molar-refractivity contribution in [3.63, 3.8) is 0 Å². The third kappa shape index (κ3) is 3.59. The monoisotopic (exact) mass is 269 g/mol. The number of aliphatic hydroxyl groups excluding tert-OH is 1. The maximum absolute atomic E-state index is 8.92. The van der Waals surface area contributed by atoms with Gasteiger partial charge in [0, 0.05) is 17.7 Å². The molecule has 5 heteroatoms. The molecule has 2 aromatic heterocycles. The van der Waals surface area contributed by atoms with Crippen LogP contribution < -0.4 is 0 Å². The molecule has 0 aliphatic heterocycles. The summed E-state index contributed by atoms with van der Waals surface area (Å²) in [6.45, 7) is 2.30. The smallest absolute Gasteiger partial charge is 0.162 e. The lowest BCUT2D eigenvalue weighted by molar-refractivity contribution is 0.250. The number of aliphatic hydroxyl groups is 1. The van der Waals surface area contributed by atoms with Crippen molar-refractivity contribution in [2.45, 2.75) is 12.7 Å². The van der Waals surface area contributed by atoms with Crippen LogP contribution in [0.4, 0.5) is 0 Å². The number of rotatable bonds is 6. The van der Waals surface area contributed by atoms with E-state index in [0.29, 0.717) is 5.92 Å². The van der Waals surface area contributed by atoms with Gasteiger partial charge in [-0.15, -0.1) is 11.3 Å². The minimum atomic E-state index is 0.252. The zero-order chi connectivity index (χ0) is 12.1. The normalized spacial score (nSPS) is 12.8. The van der Waals surface area contributed by atoms with Gasteiger partial charge in [0.25, 0.3) is 0 Å². The van der Waals surface area contributed by atoms with Gasteiger partial charge >= 0.3 is 0 Å². The molecule has 1 N–H and O–H groups in total. The van der Waals surface area contributed by atoms with Gasteiger partial charge in [-0.05, 0) is 23.8 Å². The van der Waals surface area contributed by atoms with Crippen LogP contribution >= 0.6 is 23.1 Å². The van der Waals surface area contributed by atoms with Crippen LogP contribution in [0.25, 0.3) is 10.8 Å². The summed E-state index contributed by atoms with van der Waals surface area (Å²) in [6, 6.07) is 3.79. The van der Waals surface area contributed by atoms with Crippen LogP contribution in [-0.2, 0) is 5.75 Å². The van der Waals surface area contributed by atoms with E-state index in [1.807, 2.05) is 19.1 Å². The molecule has 2 heterocycles. The SMILES string of the molecule is CC(CO)CSCc1csc(-c2ccco2)n1. The Hall–Kier alpha value is -0.780. The molecule has 0 bridgehead atoms. The summed E-state index contributed by atoms with van der Waals surface area (Å²) in [7, 11) is 0. The maximum Gasteiger partial charge on any atom is 0.162 e. The van der Waals surface area contributed by atoms with Crippen molar-refractivity contribution < 1.29 is 9.52 Å². The molecule has 92 valence electrons. The van der Waals surface area contributed by atoms with E-state index in [2.05, 4.69) is 10.4 Å². The van der Waals surface area contributed by atoms with Crippen molar-refractivity contribution in [1.29, 1.82) is 0 Å². The average molecular weight is 269 g/mol. The number of furan rings is 1. The number of nitrogens with zero attached hydrogens (tertiary/aromatic N) is 1.